The van der Waals surface area contributed by atoms with Gasteiger partial charge in [0, 0.05) is 18.2 Å². The van der Waals surface area contributed by atoms with Crippen LogP contribution in [0.15, 0.2) is 23.0 Å². The van der Waals surface area contributed by atoms with E-state index in [1.807, 2.05) is 12.3 Å². The number of hydrogen-bond donors (Lipinski definition) is 1. The van der Waals surface area contributed by atoms with E-state index in [9.17, 15) is 0 Å². The maximum Gasteiger partial charge on any atom is 0.0950 e. The minimum absolute atomic E-state index is 0.378. The van der Waals surface area contributed by atoms with E-state index in [1.54, 1.807) is 6.26 Å². The Morgan fingerprint density at radius 3 is 2.31 bits per heavy atom. The highest BCUT2D eigenvalue weighted by atomic mass is 16.3. The topological polar surface area (TPSA) is 25.2 Å². The van der Waals surface area contributed by atoms with E-state index in [0.717, 1.165) is 6.54 Å². The second kappa shape index (κ2) is 6.09. The minimum atomic E-state index is 0.378. The Morgan fingerprint density at radius 1 is 1.25 bits per heavy atom. The van der Waals surface area contributed by atoms with Crippen LogP contribution in [0.1, 0.15) is 58.6 Å². The molecule has 0 bridgehead atoms. The lowest BCUT2D eigenvalue weighted by molar-refractivity contribution is 0.230. The quantitative estimate of drug-likeness (QED) is 0.751. The summed E-state index contributed by atoms with van der Waals surface area (Å²) in [4.78, 5) is 0. The number of hydrogen-bond acceptors (Lipinski definition) is 2. The molecule has 1 rings (SSSR count). The fourth-order valence-corrected chi connectivity index (χ4v) is 2.13. The van der Waals surface area contributed by atoms with Gasteiger partial charge in [0.15, 0.2) is 0 Å². The van der Waals surface area contributed by atoms with Gasteiger partial charge < -0.3 is 9.73 Å². The zero-order valence-electron chi connectivity index (χ0n) is 11.0. The maximum atomic E-state index is 5.11. The first-order chi connectivity index (χ1) is 7.67. The maximum absolute atomic E-state index is 5.11. The third-order valence-corrected chi connectivity index (χ3v) is 4.08. The van der Waals surface area contributed by atoms with Crippen molar-refractivity contribution in [2.45, 2.75) is 53.0 Å². The third-order valence-electron chi connectivity index (χ3n) is 4.08. The molecule has 0 saturated carbocycles. The first-order valence-electron chi connectivity index (χ1n) is 6.43. The summed E-state index contributed by atoms with van der Waals surface area (Å²) in [5.41, 5.74) is 1.69. The van der Waals surface area contributed by atoms with Crippen LogP contribution in [0.4, 0.5) is 0 Å². The fraction of sp³-hybridized carbons (Fsp3) is 0.714. The van der Waals surface area contributed by atoms with E-state index in [-0.39, 0.29) is 0 Å². The van der Waals surface area contributed by atoms with Gasteiger partial charge in [-0.1, -0.05) is 20.8 Å². The standard InChI is InChI=1S/C14H25NO/c1-5-14(6-2,7-3)11-15-12(4)13-8-9-16-10-13/h8-10,12,15H,5-7,11H2,1-4H3. The molecule has 1 unspecified atom stereocenters. The van der Waals surface area contributed by atoms with Crippen LogP contribution in [0.2, 0.25) is 0 Å². The summed E-state index contributed by atoms with van der Waals surface area (Å²) in [5.74, 6) is 0. The molecule has 0 amide bonds. The van der Waals surface area contributed by atoms with E-state index >= 15 is 0 Å². The predicted octanol–water partition coefficient (Wildman–Crippen LogP) is 4.15. The van der Waals surface area contributed by atoms with Crippen molar-refractivity contribution in [3.63, 3.8) is 0 Å². The lowest BCUT2D eigenvalue weighted by Crippen LogP contribution is -2.34. The molecule has 92 valence electrons. The molecule has 0 aliphatic heterocycles. The average molecular weight is 223 g/mol. The molecule has 2 heteroatoms. The highest BCUT2D eigenvalue weighted by Crippen LogP contribution is 2.30. The summed E-state index contributed by atoms with van der Waals surface area (Å²) in [5, 5.41) is 3.62. The Bertz CT molecular complexity index is 267. The molecular formula is C14H25NO. The van der Waals surface area contributed by atoms with Crippen LogP contribution in [0, 0.1) is 5.41 Å². The Labute approximate surface area is 99.4 Å². The van der Waals surface area contributed by atoms with Gasteiger partial charge in [0.25, 0.3) is 0 Å². The highest BCUT2D eigenvalue weighted by molar-refractivity contribution is 5.10. The molecule has 0 spiro atoms. The first-order valence-corrected chi connectivity index (χ1v) is 6.43. The molecule has 1 heterocycles. The van der Waals surface area contributed by atoms with Crippen LogP contribution in [0.3, 0.4) is 0 Å². The predicted molar refractivity (Wildman–Crippen MR) is 68.4 cm³/mol. The van der Waals surface area contributed by atoms with Crippen LogP contribution in [-0.2, 0) is 0 Å². The second-order valence-corrected chi connectivity index (χ2v) is 4.72. The second-order valence-electron chi connectivity index (χ2n) is 4.72. The van der Waals surface area contributed by atoms with Crippen molar-refractivity contribution < 1.29 is 4.42 Å². The first kappa shape index (κ1) is 13.3. The molecule has 0 fully saturated rings. The number of furan rings is 1. The molecule has 1 aromatic heterocycles. The molecule has 0 radical (unpaired) electrons. The molecule has 0 saturated heterocycles. The molecule has 16 heavy (non-hydrogen) atoms. The molecule has 1 aromatic rings. The average Bonchev–Trinajstić information content (AvgIpc) is 2.85. The van der Waals surface area contributed by atoms with Gasteiger partial charge in [-0.2, -0.15) is 0 Å². The summed E-state index contributed by atoms with van der Waals surface area (Å²) in [6.07, 6.45) is 7.28. The van der Waals surface area contributed by atoms with Gasteiger partial charge in [0.1, 0.15) is 0 Å². The summed E-state index contributed by atoms with van der Waals surface area (Å²) in [7, 11) is 0. The third kappa shape index (κ3) is 3.11. The van der Waals surface area contributed by atoms with E-state index in [2.05, 4.69) is 33.0 Å². The van der Waals surface area contributed by atoms with Crippen LogP contribution in [0.25, 0.3) is 0 Å². The minimum Gasteiger partial charge on any atom is -0.472 e. The summed E-state index contributed by atoms with van der Waals surface area (Å²) in [6.45, 7) is 10.1. The van der Waals surface area contributed by atoms with Gasteiger partial charge >= 0.3 is 0 Å². The van der Waals surface area contributed by atoms with Gasteiger partial charge in [-0.05, 0) is 37.7 Å². The van der Waals surface area contributed by atoms with Gasteiger partial charge in [-0.25, -0.2) is 0 Å². The Balaban J connectivity index is 2.49. The van der Waals surface area contributed by atoms with Gasteiger partial charge in [0.05, 0.1) is 12.5 Å². The molecule has 0 aromatic carbocycles. The molecule has 1 N–H and O–H groups in total. The van der Waals surface area contributed by atoms with Crippen molar-refractivity contribution in [2.75, 3.05) is 6.54 Å². The normalized spacial score (nSPS) is 14.0. The smallest absolute Gasteiger partial charge is 0.0950 e. The van der Waals surface area contributed by atoms with E-state index in [0.29, 0.717) is 11.5 Å². The molecule has 0 aliphatic carbocycles. The Kier molecular flexibility index (Phi) is 5.07. The van der Waals surface area contributed by atoms with Crippen LogP contribution in [-0.4, -0.2) is 6.54 Å². The Hall–Kier alpha value is -0.760. The van der Waals surface area contributed by atoms with Gasteiger partial charge in [0.2, 0.25) is 0 Å². The Morgan fingerprint density at radius 2 is 1.88 bits per heavy atom. The zero-order valence-corrected chi connectivity index (χ0v) is 11.0. The lowest BCUT2D eigenvalue weighted by Gasteiger charge is -2.32. The van der Waals surface area contributed by atoms with Crippen molar-refractivity contribution in [1.82, 2.24) is 5.32 Å². The van der Waals surface area contributed by atoms with Crippen LogP contribution >= 0.6 is 0 Å². The van der Waals surface area contributed by atoms with Crippen LogP contribution in [0.5, 0.6) is 0 Å². The van der Waals surface area contributed by atoms with E-state index in [4.69, 9.17) is 4.42 Å². The number of nitrogens with one attached hydrogen (secondary N) is 1. The van der Waals surface area contributed by atoms with E-state index in [1.165, 1.54) is 24.8 Å². The van der Waals surface area contributed by atoms with Crippen molar-refractivity contribution in [3.8, 4) is 0 Å². The summed E-state index contributed by atoms with van der Waals surface area (Å²) >= 11 is 0. The van der Waals surface area contributed by atoms with Crippen LogP contribution < -0.4 is 5.32 Å². The van der Waals surface area contributed by atoms with Gasteiger partial charge in [-0.3, -0.25) is 0 Å². The summed E-state index contributed by atoms with van der Waals surface area (Å²) in [6, 6.07) is 2.41. The van der Waals surface area contributed by atoms with Crippen molar-refractivity contribution in [2.24, 2.45) is 5.41 Å². The molecular weight excluding hydrogens is 198 g/mol. The fourth-order valence-electron chi connectivity index (χ4n) is 2.13. The van der Waals surface area contributed by atoms with Crippen molar-refractivity contribution in [1.29, 1.82) is 0 Å². The lowest BCUT2D eigenvalue weighted by atomic mass is 9.79. The zero-order chi connectivity index (χ0) is 12.0. The molecule has 0 aliphatic rings. The van der Waals surface area contributed by atoms with E-state index < -0.39 is 0 Å². The highest BCUT2D eigenvalue weighted by Gasteiger charge is 2.24. The van der Waals surface area contributed by atoms with Gasteiger partial charge in [-0.15, -0.1) is 0 Å². The SMILES string of the molecule is CCC(CC)(CC)CNC(C)c1ccoc1. The largest absolute Gasteiger partial charge is 0.472 e. The number of rotatable bonds is 7. The van der Waals surface area contributed by atoms with Crippen molar-refractivity contribution in [3.05, 3.63) is 24.2 Å². The molecule has 1 atom stereocenters. The summed E-state index contributed by atoms with van der Waals surface area (Å²) < 4.78 is 5.11. The monoisotopic (exact) mass is 223 g/mol. The van der Waals surface area contributed by atoms with Crippen molar-refractivity contribution >= 4 is 0 Å². The molecule has 2 nitrogen and oxygen atoms in total.